The van der Waals surface area contributed by atoms with Crippen LogP contribution in [0, 0.1) is 0 Å². The van der Waals surface area contributed by atoms with Gasteiger partial charge in [-0.3, -0.25) is 23.9 Å². The third-order valence-corrected chi connectivity index (χ3v) is 7.84. The van der Waals surface area contributed by atoms with E-state index in [2.05, 4.69) is 10.6 Å². The van der Waals surface area contributed by atoms with Crippen LogP contribution in [0.5, 0.6) is 0 Å². The lowest BCUT2D eigenvalue weighted by molar-refractivity contribution is -0.347. The standard InChI is InChI=1S/C25H38N4O16/c1-7(31)26-13-17(37)15(35)10(42-23(13)45-24-14(27-8(2)32)18(38)16(36)11(6-30)43-24)5-9(33)21-19(39)20(40)22(44-21)29-4-3-12(34)28-25(29)41/h3-4,9-11,13-24,30,33,35-40H,5-6H2,1-2H3,(H,26,31)(H,27,32)(H,28,34,41)/t9-,10-,11+,13-,14?,15?,16-,17?,18?,19+,20-,21-,22?,23+,24-/m1/s1. The molecule has 1 aromatic heterocycles. The van der Waals surface area contributed by atoms with Crippen LogP contribution in [0.2, 0.25) is 0 Å². The predicted octanol–water partition coefficient (Wildman–Crippen LogP) is -7.18. The maximum Gasteiger partial charge on any atom is 0.330 e. The van der Waals surface area contributed by atoms with Gasteiger partial charge in [-0.2, -0.15) is 0 Å². The van der Waals surface area contributed by atoms with Crippen LogP contribution in [-0.2, 0) is 28.5 Å². The van der Waals surface area contributed by atoms with Gasteiger partial charge < -0.3 is 70.4 Å². The average Bonchev–Trinajstić information content (AvgIpc) is 3.26. The largest absolute Gasteiger partial charge is 0.394 e. The molecule has 4 heterocycles. The molecule has 254 valence electrons. The molecule has 0 aromatic carbocycles. The number of amides is 2. The number of aromatic amines is 1. The van der Waals surface area contributed by atoms with Gasteiger partial charge in [0.1, 0.15) is 60.9 Å². The number of nitrogens with zero attached hydrogens (tertiary/aromatic N) is 1. The van der Waals surface area contributed by atoms with Gasteiger partial charge in [-0.25, -0.2) is 4.79 Å². The fourth-order valence-electron chi connectivity index (χ4n) is 5.58. The van der Waals surface area contributed by atoms with Crippen LogP contribution in [-0.4, -0.2) is 155 Å². The van der Waals surface area contributed by atoms with Gasteiger partial charge in [-0.15, -0.1) is 0 Å². The molecule has 3 aliphatic rings. The van der Waals surface area contributed by atoms with E-state index in [1.54, 1.807) is 0 Å². The van der Waals surface area contributed by atoms with Crippen LogP contribution in [0.1, 0.15) is 26.5 Å². The lowest BCUT2D eigenvalue weighted by atomic mass is 9.91. The lowest BCUT2D eigenvalue weighted by Gasteiger charge is -2.47. The number of rotatable bonds is 9. The van der Waals surface area contributed by atoms with Gasteiger partial charge >= 0.3 is 5.69 Å². The second kappa shape index (κ2) is 14.3. The number of hydrogen-bond acceptors (Lipinski definition) is 16. The summed E-state index contributed by atoms with van der Waals surface area (Å²) in [5.74, 6) is -1.35. The monoisotopic (exact) mass is 650 g/mol. The van der Waals surface area contributed by atoms with E-state index in [4.69, 9.17) is 18.9 Å². The highest BCUT2D eigenvalue weighted by Crippen LogP contribution is 2.34. The molecule has 3 fully saturated rings. The summed E-state index contributed by atoms with van der Waals surface area (Å²) >= 11 is 0. The van der Waals surface area contributed by atoms with Gasteiger partial charge in [0.05, 0.1) is 18.8 Å². The topological polar surface area (TPSA) is 312 Å². The summed E-state index contributed by atoms with van der Waals surface area (Å²) in [6, 6.07) is -1.95. The van der Waals surface area contributed by atoms with E-state index in [-0.39, 0.29) is 0 Å². The van der Waals surface area contributed by atoms with Crippen molar-refractivity contribution in [1.29, 1.82) is 0 Å². The van der Waals surface area contributed by atoms with Crippen molar-refractivity contribution in [3.8, 4) is 0 Å². The highest BCUT2D eigenvalue weighted by Gasteiger charge is 2.53. The zero-order valence-electron chi connectivity index (χ0n) is 24.0. The molecule has 45 heavy (non-hydrogen) atoms. The molecule has 0 bridgehead atoms. The fourth-order valence-corrected chi connectivity index (χ4v) is 5.58. The molecule has 5 unspecified atom stereocenters. The third-order valence-electron chi connectivity index (χ3n) is 7.84. The Morgan fingerprint density at radius 3 is 1.91 bits per heavy atom. The number of aliphatic hydroxyl groups is 8. The summed E-state index contributed by atoms with van der Waals surface area (Å²) in [6.07, 6.45) is -21.1. The molecule has 15 atom stereocenters. The van der Waals surface area contributed by atoms with Crippen LogP contribution in [0.15, 0.2) is 21.9 Å². The second-order valence-corrected chi connectivity index (χ2v) is 11.1. The van der Waals surface area contributed by atoms with Crippen molar-refractivity contribution < 1.29 is 69.4 Å². The Kier molecular flexibility index (Phi) is 11.1. The van der Waals surface area contributed by atoms with Crippen LogP contribution < -0.4 is 21.9 Å². The molecule has 2 amide bonds. The normalized spacial score (nSPS) is 40.9. The Labute approximate surface area is 253 Å². The first-order chi connectivity index (χ1) is 21.1. The van der Waals surface area contributed by atoms with Gasteiger partial charge in [0.2, 0.25) is 11.8 Å². The first-order valence-corrected chi connectivity index (χ1v) is 14.0. The highest BCUT2D eigenvalue weighted by molar-refractivity contribution is 5.73. The Balaban J connectivity index is 1.55. The summed E-state index contributed by atoms with van der Waals surface area (Å²) in [4.78, 5) is 49.3. The molecule has 0 spiro atoms. The van der Waals surface area contributed by atoms with E-state index in [0.29, 0.717) is 0 Å². The molecule has 0 saturated carbocycles. The molecule has 11 N–H and O–H groups in total. The number of aliphatic hydroxyl groups excluding tert-OH is 8. The maximum atomic E-state index is 12.2. The van der Waals surface area contributed by atoms with Gasteiger partial charge in [-0.1, -0.05) is 0 Å². The van der Waals surface area contributed by atoms with Crippen molar-refractivity contribution in [3.05, 3.63) is 33.1 Å². The van der Waals surface area contributed by atoms with Crippen molar-refractivity contribution in [2.45, 2.75) is 112 Å². The molecule has 20 nitrogen and oxygen atoms in total. The number of H-pyrrole nitrogens is 1. The van der Waals surface area contributed by atoms with Crippen molar-refractivity contribution in [1.82, 2.24) is 20.2 Å². The number of carbonyl (C=O) groups is 2. The number of aromatic nitrogens is 2. The lowest BCUT2D eigenvalue weighted by Crippen LogP contribution is -2.68. The van der Waals surface area contributed by atoms with Crippen molar-refractivity contribution >= 4 is 11.8 Å². The molecule has 20 heteroatoms. The quantitative estimate of drug-likeness (QED) is 0.118. The summed E-state index contributed by atoms with van der Waals surface area (Å²) in [5.41, 5.74) is -1.69. The minimum Gasteiger partial charge on any atom is -0.394 e. The number of nitrogens with one attached hydrogen (secondary N) is 3. The number of hydrogen-bond donors (Lipinski definition) is 11. The minimum atomic E-state index is -1.82. The first kappa shape index (κ1) is 35.0. The molecule has 4 rings (SSSR count). The van der Waals surface area contributed by atoms with Gasteiger partial charge in [0.25, 0.3) is 5.56 Å². The van der Waals surface area contributed by atoms with Crippen LogP contribution in [0.3, 0.4) is 0 Å². The summed E-state index contributed by atoms with van der Waals surface area (Å²) in [7, 11) is 0. The SMILES string of the molecule is CC(=O)NC1C(O)[C@H](O)[C@H](CO)O[C@@H]1O[C@@H]1O[C@H](C[C@@H](O)[C@H]2OC(n3ccc(=O)[nH]c3=O)[C@H](O)[C@@H]2O)C(O)C(O)[C@H]1NC(C)=O. The number of ether oxygens (including phenoxy) is 4. The molecule has 0 aliphatic carbocycles. The molecular weight excluding hydrogens is 612 g/mol. The summed E-state index contributed by atoms with van der Waals surface area (Å²) < 4.78 is 23.5. The highest BCUT2D eigenvalue weighted by atomic mass is 16.8. The van der Waals surface area contributed by atoms with E-state index in [9.17, 15) is 60.0 Å². The van der Waals surface area contributed by atoms with Crippen molar-refractivity contribution in [2.24, 2.45) is 0 Å². The summed E-state index contributed by atoms with van der Waals surface area (Å²) in [6.45, 7) is 1.43. The Morgan fingerprint density at radius 1 is 0.867 bits per heavy atom. The molecule has 0 radical (unpaired) electrons. The molecule has 1 aromatic rings. The van der Waals surface area contributed by atoms with E-state index < -0.39 is 128 Å². The molecular formula is C25H38N4O16. The maximum absolute atomic E-state index is 12.2. The first-order valence-electron chi connectivity index (χ1n) is 14.0. The Morgan fingerprint density at radius 2 is 1.40 bits per heavy atom. The van der Waals surface area contributed by atoms with Crippen LogP contribution in [0.4, 0.5) is 0 Å². The third kappa shape index (κ3) is 7.42. The van der Waals surface area contributed by atoms with E-state index in [0.717, 1.165) is 30.7 Å². The summed E-state index contributed by atoms with van der Waals surface area (Å²) in [5, 5.41) is 89.1. The minimum absolute atomic E-state index is 0.589. The molecule has 3 aliphatic heterocycles. The smallest absolute Gasteiger partial charge is 0.330 e. The van der Waals surface area contributed by atoms with E-state index >= 15 is 0 Å². The molecule has 3 saturated heterocycles. The van der Waals surface area contributed by atoms with Crippen molar-refractivity contribution in [3.63, 3.8) is 0 Å². The fraction of sp³-hybridized carbons (Fsp3) is 0.760. The van der Waals surface area contributed by atoms with Gasteiger partial charge in [-0.05, 0) is 0 Å². The van der Waals surface area contributed by atoms with Gasteiger partial charge in [0, 0.05) is 32.5 Å². The second-order valence-electron chi connectivity index (χ2n) is 11.1. The Bertz CT molecular complexity index is 1310. The van der Waals surface area contributed by atoms with E-state index in [1.807, 2.05) is 4.98 Å². The Hall–Kier alpha value is -2.86. The van der Waals surface area contributed by atoms with Crippen molar-refractivity contribution in [2.75, 3.05) is 6.61 Å². The zero-order chi connectivity index (χ0) is 33.3. The number of carbonyl (C=O) groups excluding carboxylic acids is 2. The van der Waals surface area contributed by atoms with Gasteiger partial charge in [0.15, 0.2) is 18.8 Å². The van der Waals surface area contributed by atoms with E-state index in [1.165, 1.54) is 0 Å². The zero-order valence-corrected chi connectivity index (χ0v) is 24.0. The van der Waals surface area contributed by atoms with Crippen LogP contribution in [0.25, 0.3) is 0 Å². The predicted molar refractivity (Wildman–Crippen MR) is 143 cm³/mol. The van der Waals surface area contributed by atoms with Crippen LogP contribution >= 0.6 is 0 Å². The average molecular weight is 651 g/mol.